The van der Waals surface area contributed by atoms with Gasteiger partial charge in [0.2, 0.25) is 11.8 Å². The minimum Gasteiger partial charge on any atom is -0.337 e. The molecule has 25 heavy (non-hydrogen) atoms. The molecule has 3 aromatic rings. The molecule has 2 heterocycles. The van der Waals surface area contributed by atoms with Crippen LogP contribution in [0.15, 0.2) is 53.6 Å². The van der Waals surface area contributed by atoms with Crippen molar-refractivity contribution in [2.75, 3.05) is 5.32 Å². The second-order valence-corrected chi connectivity index (χ2v) is 6.30. The number of aromatic nitrogens is 4. The Balaban J connectivity index is 1.69. The van der Waals surface area contributed by atoms with Crippen LogP contribution < -0.4 is 5.32 Å². The lowest BCUT2D eigenvalue weighted by Gasteiger charge is -2.16. The number of hydrogen-bond donors (Lipinski definition) is 1. The molecule has 0 spiro atoms. The number of carbonyl (C=O) groups is 1. The standard InChI is InChI=1S/C18H21N5O2/c1-13(2)10-15(23-9-8-19-12-23)18-21-16(22-25-18)11-17(24)20-14-6-4-3-5-7-14/h3-9,12-13,15H,10-11H2,1-2H3,(H,20,24). The third kappa shape index (κ3) is 4.53. The molecule has 3 rings (SSSR count). The summed E-state index contributed by atoms with van der Waals surface area (Å²) in [6, 6.07) is 9.20. The molecule has 0 saturated carbocycles. The highest BCUT2D eigenvalue weighted by molar-refractivity contribution is 5.91. The highest BCUT2D eigenvalue weighted by Gasteiger charge is 2.22. The zero-order chi connectivity index (χ0) is 17.6. The minimum absolute atomic E-state index is 0.0662. The van der Waals surface area contributed by atoms with Crippen molar-refractivity contribution in [3.8, 4) is 0 Å². The van der Waals surface area contributed by atoms with Crippen molar-refractivity contribution in [1.82, 2.24) is 19.7 Å². The maximum absolute atomic E-state index is 12.1. The summed E-state index contributed by atoms with van der Waals surface area (Å²) in [5, 5.41) is 6.77. The molecule has 7 heteroatoms. The molecule has 0 radical (unpaired) electrons. The molecule has 1 aromatic carbocycles. The number of imidazole rings is 1. The van der Waals surface area contributed by atoms with E-state index >= 15 is 0 Å². The van der Waals surface area contributed by atoms with Gasteiger partial charge in [0.1, 0.15) is 6.04 Å². The molecule has 1 amide bonds. The Morgan fingerprint density at radius 3 is 2.76 bits per heavy atom. The van der Waals surface area contributed by atoms with Crippen LogP contribution >= 0.6 is 0 Å². The van der Waals surface area contributed by atoms with Crippen LogP contribution in [0.1, 0.15) is 38.0 Å². The van der Waals surface area contributed by atoms with Gasteiger partial charge in [0, 0.05) is 18.1 Å². The first kappa shape index (κ1) is 16.9. The number of amides is 1. The average Bonchev–Trinajstić information content (AvgIpc) is 3.25. The normalized spacial score (nSPS) is 12.3. The maximum atomic E-state index is 12.1. The smallest absolute Gasteiger partial charge is 0.249 e. The van der Waals surface area contributed by atoms with Gasteiger partial charge in [0.05, 0.1) is 12.7 Å². The molecular weight excluding hydrogens is 318 g/mol. The number of hydrogen-bond acceptors (Lipinski definition) is 5. The van der Waals surface area contributed by atoms with Crippen LogP contribution in [-0.2, 0) is 11.2 Å². The molecule has 0 aliphatic heterocycles. The van der Waals surface area contributed by atoms with E-state index in [0.29, 0.717) is 17.6 Å². The molecule has 1 atom stereocenters. The summed E-state index contributed by atoms with van der Waals surface area (Å²) in [6.45, 7) is 4.27. The van der Waals surface area contributed by atoms with E-state index in [1.807, 2.05) is 41.1 Å². The lowest BCUT2D eigenvalue weighted by Crippen LogP contribution is -2.15. The number of para-hydroxylation sites is 1. The second-order valence-electron chi connectivity index (χ2n) is 6.30. The Morgan fingerprint density at radius 2 is 2.08 bits per heavy atom. The van der Waals surface area contributed by atoms with Gasteiger partial charge in [-0.3, -0.25) is 4.79 Å². The molecule has 1 unspecified atom stereocenters. The number of rotatable bonds is 7. The third-order valence-electron chi connectivity index (χ3n) is 3.72. The van der Waals surface area contributed by atoms with E-state index in [0.717, 1.165) is 12.1 Å². The predicted octanol–water partition coefficient (Wildman–Crippen LogP) is 3.08. The molecular formula is C18H21N5O2. The van der Waals surface area contributed by atoms with Crippen molar-refractivity contribution in [3.05, 3.63) is 60.8 Å². The van der Waals surface area contributed by atoms with E-state index in [2.05, 4.69) is 34.3 Å². The Labute approximate surface area is 146 Å². The summed E-state index contributed by atoms with van der Waals surface area (Å²) < 4.78 is 7.36. The highest BCUT2D eigenvalue weighted by atomic mass is 16.5. The Kier molecular flexibility index (Phi) is 5.23. The van der Waals surface area contributed by atoms with Gasteiger partial charge in [-0.2, -0.15) is 4.98 Å². The van der Waals surface area contributed by atoms with Crippen molar-refractivity contribution < 1.29 is 9.32 Å². The number of nitrogens with zero attached hydrogens (tertiary/aromatic N) is 4. The highest BCUT2D eigenvalue weighted by Crippen LogP contribution is 2.24. The first-order valence-electron chi connectivity index (χ1n) is 8.26. The van der Waals surface area contributed by atoms with Crippen molar-refractivity contribution in [2.24, 2.45) is 5.92 Å². The summed E-state index contributed by atoms with van der Waals surface area (Å²) in [7, 11) is 0. The largest absolute Gasteiger partial charge is 0.337 e. The minimum atomic E-state index is -0.179. The van der Waals surface area contributed by atoms with Crippen molar-refractivity contribution in [1.29, 1.82) is 0 Å². The molecule has 0 fully saturated rings. The van der Waals surface area contributed by atoms with Gasteiger partial charge in [0.25, 0.3) is 0 Å². The number of anilines is 1. The SMILES string of the molecule is CC(C)CC(c1nc(CC(=O)Nc2ccccc2)no1)n1ccnc1. The van der Waals surface area contributed by atoms with Crippen LogP contribution in [0.3, 0.4) is 0 Å². The molecule has 7 nitrogen and oxygen atoms in total. The van der Waals surface area contributed by atoms with E-state index in [4.69, 9.17) is 4.52 Å². The van der Waals surface area contributed by atoms with Crippen molar-refractivity contribution in [2.45, 2.75) is 32.7 Å². The first-order chi connectivity index (χ1) is 12.1. The van der Waals surface area contributed by atoms with E-state index in [9.17, 15) is 4.79 Å². The van der Waals surface area contributed by atoms with Gasteiger partial charge >= 0.3 is 0 Å². The topological polar surface area (TPSA) is 85.8 Å². The molecule has 1 N–H and O–H groups in total. The fourth-order valence-corrected chi connectivity index (χ4v) is 2.60. The summed E-state index contributed by atoms with van der Waals surface area (Å²) in [4.78, 5) is 20.6. The molecule has 2 aromatic heterocycles. The maximum Gasteiger partial charge on any atom is 0.249 e. The van der Waals surface area contributed by atoms with Gasteiger partial charge < -0.3 is 14.4 Å². The third-order valence-corrected chi connectivity index (χ3v) is 3.72. The molecule has 0 saturated heterocycles. The van der Waals surface area contributed by atoms with Gasteiger partial charge in [0.15, 0.2) is 5.82 Å². The first-order valence-corrected chi connectivity index (χ1v) is 8.26. The molecule has 0 aliphatic rings. The van der Waals surface area contributed by atoms with Crippen LogP contribution in [-0.4, -0.2) is 25.6 Å². The van der Waals surface area contributed by atoms with E-state index in [1.54, 1.807) is 12.5 Å². The number of carbonyl (C=O) groups excluding carboxylic acids is 1. The molecule has 0 aliphatic carbocycles. The van der Waals surface area contributed by atoms with Crippen molar-refractivity contribution >= 4 is 11.6 Å². The quantitative estimate of drug-likeness (QED) is 0.715. The monoisotopic (exact) mass is 339 g/mol. The zero-order valence-corrected chi connectivity index (χ0v) is 14.3. The Hall–Kier alpha value is -2.96. The fourth-order valence-electron chi connectivity index (χ4n) is 2.60. The zero-order valence-electron chi connectivity index (χ0n) is 14.3. The van der Waals surface area contributed by atoms with Gasteiger partial charge in [-0.15, -0.1) is 0 Å². The Bertz CT molecular complexity index is 796. The predicted molar refractivity (Wildman–Crippen MR) is 92.9 cm³/mol. The number of benzene rings is 1. The van der Waals surface area contributed by atoms with Crippen LogP contribution in [0.4, 0.5) is 5.69 Å². The van der Waals surface area contributed by atoms with Gasteiger partial charge in [-0.1, -0.05) is 37.2 Å². The summed E-state index contributed by atoms with van der Waals surface area (Å²) in [6.07, 6.45) is 6.24. The average molecular weight is 339 g/mol. The Morgan fingerprint density at radius 1 is 1.28 bits per heavy atom. The van der Waals surface area contributed by atoms with E-state index in [-0.39, 0.29) is 18.4 Å². The second kappa shape index (κ2) is 7.74. The molecule has 130 valence electrons. The lowest BCUT2D eigenvalue weighted by atomic mass is 10.0. The summed E-state index contributed by atoms with van der Waals surface area (Å²) in [5.74, 6) is 1.14. The summed E-state index contributed by atoms with van der Waals surface area (Å²) >= 11 is 0. The molecule has 0 bridgehead atoms. The summed E-state index contributed by atoms with van der Waals surface area (Å²) in [5.41, 5.74) is 0.743. The van der Waals surface area contributed by atoms with Crippen LogP contribution in [0.5, 0.6) is 0 Å². The van der Waals surface area contributed by atoms with E-state index in [1.165, 1.54) is 0 Å². The van der Waals surface area contributed by atoms with Crippen molar-refractivity contribution in [3.63, 3.8) is 0 Å². The van der Waals surface area contributed by atoms with Crippen LogP contribution in [0, 0.1) is 5.92 Å². The van der Waals surface area contributed by atoms with Crippen LogP contribution in [0.2, 0.25) is 0 Å². The van der Waals surface area contributed by atoms with Gasteiger partial charge in [-0.25, -0.2) is 4.98 Å². The van der Waals surface area contributed by atoms with Gasteiger partial charge in [-0.05, 0) is 24.5 Å². The van der Waals surface area contributed by atoms with Crippen LogP contribution in [0.25, 0.3) is 0 Å². The van der Waals surface area contributed by atoms with E-state index < -0.39 is 0 Å². The lowest BCUT2D eigenvalue weighted by molar-refractivity contribution is -0.115. The fraction of sp³-hybridized carbons (Fsp3) is 0.333. The number of nitrogens with one attached hydrogen (secondary N) is 1.